The van der Waals surface area contributed by atoms with Crippen molar-refractivity contribution in [2.24, 2.45) is 0 Å². The van der Waals surface area contributed by atoms with E-state index in [-0.39, 0.29) is 5.91 Å². The number of amides is 1. The van der Waals surface area contributed by atoms with Gasteiger partial charge in [0.1, 0.15) is 11.5 Å². The highest BCUT2D eigenvalue weighted by Crippen LogP contribution is 2.30. The van der Waals surface area contributed by atoms with Crippen molar-refractivity contribution in [3.8, 4) is 11.5 Å². The first-order chi connectivity index (χ1) is 11.0. The minimum absolute atomic E-state index is 0.231. The molecule has 1 atom stereocenters. The van der Waals surface area contributed by atoms with E-state index < -0.39 is 5.25 Å². The van der Waals surface area contributed by atoms with Gasteiger partial charge in [-0.25, -0.2) is 0 Å². The molecule has 0 bridgehead atoms. The molecule has 0 saturated carbocycles. The summed E-state index contributed by atoms with van der Waals surface area (Å²) < 4.78 is 11.1. The summed E-state index contributed by atoms with van der Waals surface area (Å²) in [4.78, 5) is 12.4. The Morgan fingerprint density at radius 2 is 2.04 bits per heavy atom. The smallest absolute Gasteiger partial charge is 0.252 e. The Labute approximate surface area is 139 Å². The zero-order valence-corrected chi connectivity index (χ0v) is 13.9. The van der Waals surface area contributed by atoms with Gasteiger partial charge in [0.05, 0.1) is 25.2 Å². The van der Waals surface area contributed by atoms with Crippen molar-refractivity contribution in [1.82, 2.24) is 0 Å². The number of methoxy groups -OCH3 is 2. The molecule has 0 aliphatic carbocycles. The van der Waals surface area contributed by atoms with Gasteiger partial charge in [-0.2, -0.15) is 4.73 Å². The molecule has 0 radical (unpaired) electrons. The Morgan fingerprint density at radius 1 is 1.26 bits per heavy atom. The minimum atomic E-state index is -0.450. The van der Waals surface area contributed by atoms with E-state index in [9.17, 15) is 10.0 Å². The molecule has 1 N–H and O–H groups in total. The van der Waals surface area contributed by atoms with Gasteiger partial charge in [0.2, 0.25) is 5.91 Å². The van der Waals surface area contributed by atoms with Crippen LogP contribution in [0.25, 0.3) is 0 Å². The lowest BCUT2D eigenvalue weighted by Gasteiger charge is -2.14. The van der Waals surface area contributed by atoms with Crippen molar-refractivity contribution >= 4 is 23.4 Å². The lowest BCUT2D eigenvalue weighted by atomic mass is 10.2. The summed E-state index contributed by atoms with van der Waals surface area (Å²) in [5.41, 5.74) is 0.521. The number of nitrogens with zero attached hydrogens (tertiary/aromatic N) is 1. The van der Waals surface area contributed by atoms with Crippen LogP contribution in [0.15, 0.2) is 47.6 Å². The molecule has 2 aromatic rings. The van der Waals surface area contributed by atoms with E-state index in [0.29, 0.717) is 22.2 Å². The largest absolute Gasteiger partial charge is 0.618 e. The Morgan fingerprint density at radius 3 is 2.70 bits per heavy atom. The van der Waals surface area contributed by atoms with E-state index in [1.165, 1.54) is 25.1 Å². The van der Waals surface area contributed by atoms with Gasteiger partial charge in [-0.15, -0.1) is 0 Å². The standard InChI is InChI=1S/C16H18N2O4S/c1-11(23-15-6-4-5-9-18(15)20)16(19)17-13-10-12(21-2)7-8-14(13)22-3/h4-11H,1-3H3,(H,17,19). The van der Waals surface area contributed by atoms with Crippen LogP contribution in [0.1, 0.15) is 6.92 Å². The molecule has 0 saturated heterocycles. The fourth-order valence-electron chi connectivity index (χ4n) is 1.88. The van der Waals surface area contributed by atoms with Crippen LogP contribution in [0, 0.1) is 5.21 Å². The zero-order chi connectivity index (χ0) is 16.8. The van der Waals surface area contributed by atoms with Gasteiger partial charge < -0.3 is 20.0 Å². The third-order valence-corrected chi connectivity index (χ3v) is 4.24. The number of ether oxygens (including phenoxy) is 2. The molecule has 0 spiro atoms. The molecule has 6 nitrogen and oxygen atoms in total. The van der Waals surface area contributed by atoms with Gasteiger partial charge in [-0.05, 0) is 36.9 Å². The van der Waals surface area contributed by atoms with Gasteiger partial charge in [0, 0.05) is 18.2 Å². The van der Waals surface area contributed by atoms with Crippen molar-refractivity contribution in [3.05, 3.63) is 47.8 Å². The number of thioether (sulfide) groups is 1. The van der Waals surface area contributed by atoms with Crippen LogP contribution < -0.4 is 19.5 Å². The number of carbonyl (C=O) groups is 1. The third kappa shape index (κ3) is 4.29. The monoisotopic (exact) mass is 334 g/mol. The summed E-state index contributed by atoms with van der Waals surface area (Å²) in [5, 5.41) is 14.5. The molecule has 0 aliphatic rings. The number of benzene rings is 1. The number of hydrogen-bond acceptors (Lipinski definition) is 5. The van der Waals surface area contributed by atoms with Crippen molar-refractivity contribution in [3.63, 3.8) is 0 Å². The minimum Gasteiger partial charge on any atom is -0.618 e. The zero-order valence-electron chi connectivity index (χ0n) is 13.1. The maximum absolute atomic E-state index is 12.4. The van der Waals surface area contributed by atoms with E-state index in [0.717, 1.165) is 4.73 Å². The molecule has 0 fully saturated rings. The summed E-state index contributed by atoms with van der Waals surface area (Å²) in [6.07, 6.45) is 1.40. The molecule has 122 valence electrons. The predicted octanol–water partition coefficient (Wildman–Crippen LogP) is 2.46. The molecule has 7 heteroatoms. The predicted molar refractivity (Wildman–Crippen MR) is 88.9 cm³/mol. The van der Waals surface area contributed by atoms with E-state index in [4.69, 9.17) is 9.47 Å². The Balaban J connectivity index is 2.10. The lowest BCUT2D eigenvalue weighted by molar-refractivity contribution is -0.645. The molecular formula is C16H18N2O4S. The fourth-order valence-corrected chi connectivity index (χ4v) is 2.73. The van der Waals surface area contributed by atoms with E-state index in [1.54, 1.807) is 50.4 Å². The molecular weight excluding hydrogens is 316 g/mol. The Bertz CT molecular complexity index is 694. The molecule has 1 aromatic heterocycles. The maximum Gasteiger partial charge on any atom is 0.252 e. The topological polar surface area (TPSA) is 74.5 Å². The number of pyridine rings is 1. The maximum atomic E-state index is 12.4. The van der Waals surface area contributed by atoms with E-state index in [1.807, 2.05) is 0 Å². The number of nitrogens with one attached hydrogen (secondary N) is 1. The average Bonchev–Trinajstić information content (AvgIpc) is 2.56. The Kier molecular flexibility index (Phi) is 5.70. The van der Waals surface area contributed by atoms with E-state index in [2.05, 4.69) is 5.32 Å². The van der Waals surface area contributed by atoms with Crippen molar-refractivity contribution in [2.45, 2.75) is 17.2 Å². The summed E-state index contributed by atoms with van der Waals surface area (Å²) in [6, 6.07) is 10.2. The first-order valence-corrected chi connectivity index (χ1v) is 7.81. The first-order valence-electron chi connectivity index (χ1n) is 6.93. The van der Waals surface area contributed by atoms with Crippen molar-refractivity contribution in [1.29, 1.82) is 0 Å². The van der Waals surface area contributed by atoms with Gasteiger partial charge in [-0.3, -0.25) is 4.79 Å². The van der Waals surface area contributed by atoms with Gasteiger partial charge in [-0.1, -0.05) is 0 Å². The van der Waals surface area contributed by atoms with Crippen LogP contribution in [0.5, 0.6) is 11.5 Å². The molecule has 0 aliphatic heterocycles. The lowest BCUT2D eigenvalue weighted by Crippen LogP contribution is -2.30. The SMILES string of the molecule is COc1ccc(OC)c(NC(=O)C(C)Sc2cccc[n+]2[O-])c1. The average molecular weight is 334 g/mol. The van der Waals surface area contributed by atoms with Crippen LogP contribution in [0.4, 0.5) is 5.69 Å². The summed E-state index contributed by atoms with van der Waals surface area (Å²) in [5.74, 6) is 0.919. The van der Waals surface area contributed by atoms with Gasteiger partial charge in [0.25, 0.3) is 5.03 Å². The van der Waals surface area contributed by atoms with Crippen LogP contribution in [0.2, 0.25) is 0 Å². The van der Waals surface area contributed by atoms with Crippen LogP contribution in [0.3, 0.4) is 0 Å². The number of aromatic nitrogens is 1. The van der Waals surface area contributed by atoms with Gasteiger partial charge in [0.15, 0.2) is 6.20 Å². The third-order valence-electron chi connectivity index (χ3n) is 3.12. The number of hydrogen-bond donors (Lipinski definition) is 1. The van der Waals surface area contributed by atoms with Crippen molar-refractivity contribution in [2.75, 3.05) is 19.5 Å². The van der Waals surface area contributed by atoms with Crippen LogP contribution in [-0.4, -0.2) is 25.4 Å². The van der Waals surface area contributed by atoms with E-state index >= 15 is 0 Å². The van der Waals surface area contributed by atoms with Crippen LogP contribution in [-0.2, 0) is 4.79 Å². The summed E-state index contributed by atoms with van der Waals surface area (Å²) in [7, 11) is 3.08. The summed E-state index contributed by atoms with van der Waals surface area (Å²) >= 11 is 1.19. The fraction of sp³-hybridized carbons (Fsp3) is 0.250. The highest BCUT2D eigenvalue weighted by Gasteiger charge is 2.20. The van der Waals surface area contributed by atoms with Gasteiger partial charge >= 0.3 is 0 Å². The van der Waals surface area contributed by atoms with Crippen LogP contribution >= 0.6 is 11.8 Å². The van der Waals surface area contributed by atoms with Crippen molar-refractivity contribution < 1.29 is 19.0 Å². The molecule has 23 heavy (non-hydrogen) atoms. The Hall–Kier alpha value is -2.41. The first kappa shape index (κ1) is 17.0. The highest BCUT2D eigenvalue weighted by molar-refractivity contribution is 8.00. The number of anilines is 1. The second kappa shape index (κ2) is 7.73. The molecule has 1 unspecified atom stereocenters. The highest BCUT2D eigenvalue weighted by atomic mass is 32.2. The number of carbonyl (C=O) groups excluding carboxylic acids is 1. The number of rotatable bonds is 6. The second-order valence-electron chi connectivity index (χ2n) is 4.68. The molecule has 1 heterocycles. The quantitative estimate of drug-likeness (QED) is 0.499. The summed E-state index contributed by atoms with van der Waals surface area (Å²) in [6.45, 7) is 1.74. The molecule has 1 amide bonds. The second-order valence-corrected chi connectivity index (χ2v) is 6.04. The molecule has 1 aromatic carbocycles. The normalized spacial score (nSPS) is 11.6. The molecule has 2 rings (SSSR count).